The molecule has 0 aliphatic carbocycles. The van der Waals surface area contributed by atoms with Gasteiger partial charge in [0.1, 0.15) is 5.56 Å². The summed E-state index contributed by atoms with van der Waals surface area (Å²) in [6, 6.07) is 7.46. The third-order valence-electron chi connectivity index (χ3n) is 2.08. The minimum Gasteiger partial charge on any atom is -0.382 e. The molecular weight excluding hydrogens is 272 g/mol. The summed E-state index contributed by atoms with van der Waals surface area (Å²) in [5.74, 6) is -0.453. The predicted molar refractivity (Wildman–Crippen MR) is 64.2 cm³/mol. The van der Waals surface area contributed by atoms with Crippen LogP contribution in [-0.4, -0.2) is 15.7 Å². The number of hydrogen-bond donors (Lipinski definition) is 2. The van der Waals surface area contributed by atoms with Crippen LogP contribution in [0.25, 0.3) is 5.69 Å². The van der Waals surface area contributed by atoms with Gasteiger partial charge in [-0.05, 0) is 18.2 Å². The standard InChI is InChI=1S/C10H9BrN4O/c11-6-2-1-3-7(4-6)15-5-8(10(13)16)9(12)14-15/h1-5H,(H2,12,14)(H2,13,16). The second-order valence-electron chi connectivity index (χ2n) is 3.22. The van der Waals surface area contributed by atoms with Crippen LogP contribution in [0.2, 0.25) is 0 Å². The third-order valence-corrected chi connectivity index (χ3v) is 2.57. The molecule has 1 aromatic carbocycles. The Hall–Kier alpha value is -1.82. The first-order valence-corrected chi connectivity index (χ1v) is 5.28. The van der Waals surface area contributed by atoms with E-state index in [0.717, 1.165) is 10.2 Å². The Kier molecular flexibility index (Phi) is 2.66. The normalized spacial score (nSPS) is 10.3. The van der Waals surface area contributed by atoms with Gasteiger partial charge in [-0.1, -0.05) is 22.0 Å². The molecule has 0 aliphatic rings. The fourth-order valence-electron chi connectivity index (χ4n) is 1.33. The maximum atomic E-state index is 11.0. The average Bonchev–Trinajstić information content (AvgIpc) is 2.60. The number of benzene rings is 1. The van der Waals surface area contributed by atoms with Crippen LogP contribution in [0, 0.1) is 0 Å². The fourth-order valence-corrected chi connectivity index (χ4v) is 1.72. The number of amides is 1. The Bertz CT molecular complexity index is 550. The van der Waals surface area contributed by atoms with Crippen LogP contribution in [0.1, 0.15) is 10.4 Å². The van der Waals surface area contributed by atoms with E-state index in [-0.39, 0.29) is 11.4 Å². The van der Waals surface area contributed by atoms with Crippen molar-refractivity contribution in [3.8, 4) is 5.69 Å². The highest BCUT2D eigenvalue weighted by atomic mass is 79.9. The molecule has 0 radical (unpaired) electrons. The molecule has 4 N–H and O–H groups in total. The lowest BCUT2D eigenvalue weighted by Crippen LogP contribution is -2.11. The number of hydrogen-bond acceptors (Lipinski definition) is 3. The summed E-state index contributed by atoms with van der Waals surface area (Å²) in [7, 11) is 0. The third kappa shape index (κ3) is 1.92. The van der Waals surface area contributed by atoms with Crippen molar-refractivity contribution in [2.45, 2.75) is 0 Å². The van der Waals surface area contributed by atoms with Gasteiger partial charge in [0, 0.05) is 10.7 Å². The van der Waals surface area contributed by atoms with Crippen LogP contribution in [0.3, 0.4) is 0 Å². The first-order valence-electron chi connectivity index (χ1n) is 4.49. The zero-order valence-corrected chi connectivity index (χ0v) is 9.81. The molecule has 0 atom stereocenters. The molecule has 1 aromatic heterocycles. The molecule has 1 heterocycles. The number of carbonyl (C=O) groups excluding carboxylic acids is 1. The lowest BCUT2D eigenvalue weighted by molar-refractivity contribution is 0.100. The van der Waals surface area contributed by atoms with Crippen molar-refractivity contribution in [1.29, 1.82) is 0 Å². The predicted octanol–water partition coefficient (Wildman–Crippen LogP) is 1.32. The van der Waals surface area contributed by atoms with E-state index in [1.807, 2.05) is 24.3 Å². The molecule has 82 valence electrons. The van der Waals surface area contributed by atoms with Crippen molar-refractivity contribution in [2.75, 3.05) is 5.73 Å². The molecule has 0 spiro atoms. The number of halogens is 1. The largest absolute Gasteiger partial charge is 0.382 e. The van der Waals surface area contributed by atoms with Crippen LogP contribution in [0.5, 0.6) is 0 Å². The van der Waals surface area contributed by atoms with Crippen LogP contribution < -0.4 is 11.5 Å². The second-order valence-corrected chi connectivity index (χ2v) is 4.13. The van der Waals surface area contributed by atoms with Gasteiger partial charge in [0.25, 0.3) is 5.91 Å². The lowest BCUT2D eigenvalue weighted by Gasteiger charge is -2.00. The number of carbonyl (C=O) groups is 1. The summed E-state index contributed by atoms with van der Waals surface area (Å²) in [5, 5.41) is 4.02. The highest BCUT2D eigenvalue weighted by Crippen LogP contribution is 2.17. The van der Waals surface area contributed by atoms with Gasteiger partial charge in [0.05, 0.1) is 5.69 Å². The first-order chi connectivity index (χ1) is 7.58. The van der Waals surface area contributed by atoms with Gasteiger partial charge >= 0.3 is 0 Å². The van der Waals surface area contributed by atoms with Gasteiger partial charge in [-0.3, -0.25) is 4.79 Å². The summed E-state index contributed by atoms with van der Waals surface area (Å²) >= 11 is 3.35. The SMILES string of the molecule is NC(=O)c1cn(-c2cccc(Br)c2)nc1N. The summed E-state index contributed by atoms with van der Waals surface area (Å²) in [6.07, 6.45) is 1.51. The van der Waals surface area contributed by atoms with E-state index in [9.17, 15) is 4.79 Å². The minimum absolute atomic E-state index is 0.132. The van der Waals surface area contributed by atoms with Crippen LogP contribution in [0.4, 0.5) is 5.82 Å². The van der Waals surface area contributed by atoms with Gasteiger partial charge in [-0.25, -0.2) is 4.68 Å². The van der Waals surface area contributed by atoms with Crippen molar-refractivity contribution in [2.24, 2.45) is 5.73 Å². The molecule has 0 fully saturated rings. The number of aromatic nitrogens is 2. The summed E-state index contributed by atoms with van der Waals surface area (Å²) in [4.78, 5) is 11.0. The van der Waals surface area contributed by atoms with Crippen LogP contribution >= 0.6 is 15.9 Å². The van der Waals surface area contributed by atoms with Gasteiger partial charge < -0.3 is 11.5 Å². The number of rotatable bonds is 2. The van der Waals surface area contributed by atoms with E-state index in [0.29, 0.717) is 0 Å². The molecule has 0 unspecified atom stereocenters. The monoisotopic (exact) mass is 280 g/mol. The first kappa shape index (κ1) is 10.7. The second kappa shape index (κ2) is 3.97. The topological polar surface area (TPSA) is 86.9 Å². The maximum Gasteiger partial charge on any atom is 0.254 e. The zero-order valence-electron chi connectivity index (χ0n) is 8.22. The molecule has 16 heavy (non-hydrogen) atoms. The molecular formula is C10H9BrN4O. The van der Waals surface area contributed by atoms with Gasteiger partial charge in [-0.15, -0.1) is 5.10 Å². The van der Waals surface area contributed by atoms with E-state index in [2.05, 4.69) is 21.0 Å². The van der Waals surface area contributed by atoms with Gasteiger partial charge in [0.15, 0.2) is 5.82 Å². The Morgan fingerprint density at radius 1 is 1.44 bits per heavy atom. The van der Waals surface area contributed by atoms with E-state index in [1.165, 1.54) is 10.9 Å². The quantitative estimate of drug-likeness (QED) is 0.870. The van der Waals surface area contributed by atoms with Crippen molar-refractivity contribution in [3.05, 3.63) is 40.5 Å². The molecule has 0 saturated heterocycles. The highest BCUT2D eigenvalue weighted by Gasteiger charge is 2.11. The average molecular weight is 281 g/mol. The van der Waals surface area contributed by atoms with Crippen molar-refractivity contribution in [1.82, 2.24) is 9.78 Å². The minimum atomic E-state index is -0.584. The van der Waals surface area contributed by atoms with E-state index >= 15 is 0 Å². The smallest absolute Gasteiger partial charge is 0.254 e. The fraction of sp³-hybridized carbons (Fsp3) is 0. The number of nitrogens with zero attached hydrogens (tertiary/aromatic N) is 2. The molecule has 0 bridgehead atoms. The van der Waals surface area contributed by atoms with Crippen LogP contribution in [0.15, 0.2) is 34.9 Å². The van der Waals surface area contributed by atoms with E-state index < -0.39 is 5.91 Å². The Morgan fingerprint density at radius 2 is 2.19 bits per heavy atom. The summed E-state index contributed by atoms with van der Waals surface area (Å²) in [6.45, 7) is 0. The van der Waals surface area contributed by atoms with Crippen molar-refractivity contribution in [3.63, 3.8) is 0 Å². The number of nitrogen functional groups attached to an aromatic ring is 1. The zero-order chi connectivity index (χ0) is 11.7. The molecule has 1 amide bonds. The molecule has 0 aliphatic heterocycles. The van der Waals surface area contributed by atoms with E-state index in [4.69, 9.17) is 11.5 Å². The number of primary amides is 1. The van der Waals surface area contributed by atoms with Gasteiger partial charge in [0.2, 0.25) is 0 Å². The Morgan fingerprint density at radius 3 is 2.75 bits per heavy atom. The Labute approximate surface area is 100 Å². The molecule has 2 rings (SSSR count). The number of anilines is 1. The van der Waals surface area contributed by atoms with E-state index in [1.54, 1.807) is 0 Å². The Balaban J connectivity index is 2.49. The van der Waals surface area contributed by atoms with Crippen molar-refractivity contribution >= 4 is 27.7 Å². The van der Waals surface area contributed by atoms with Gasteiger partial charge in [-0.2, -0.15) is 0 Å². The molecule has 0 saturated carbocycles. The lowest BCUT2D eigenvalue weighted by atomic mass is 10.3. The molecule has 5 nitrogen and oxygen atoms in total. The van der Waals surface area contributed by atoms with Crippen LogP contribution in [-0.2, 0) is 0 Å². The number of nitrogens with two attached hydrogens (primary N) is 2. The highest BCUT2D eigenvalue weighted by molar-refractivity contribution is 9.10. The maximum absolute atomic E-state index is 11.0. The molecule has 6 heteroatoms. The summed E-state index contributed by atoms with van der Waals surface area (Å²) < 4.78 is 2.43. The van der Waals surface area contributed by atoms with Crippen molar-refractivity contribution < 1.29 is 4.79 Å². The molecule has 2 aromatic rings. The summed E-state index contributed by atoms with van der Waals surface area (Å²) in [5.41, 5.74) is 11.7.